The predicted molar refractivity (Wildman–Crippen MR) is 171 cm³/mol. The zero-order chi connectivity index (χ0) is 28.8. The van der Waals surface area contributed by atoms with Gasteiger partial charge in [-0.1, -0.05) is 71.0 Å². The Morgan fingerprint density at radius 1 is 0.714 bits per heavy atom. The van der Waals surface area contributed by atoms with Crippen molar-refractivity contribution >= 4 is 32.8 Å². The number of hydrogen-bond donors (Lipinski definition) is 0. The van der Waals surface area contributed by atoms with Gasteiger partial charge >= 0.3 is 0 Å². The summed E-state index contributed by atoms with van der Waals surface area (Å²) in [5.74, 6) is 2.48. The topological polar surface area (TPSA) is 44.9 Å². The van der Waals surface area contributed by atoms with Crippen LogP contribution in [-0.2, 0) is 10.8 Å². The van der Waals surface area contributed by atoms with E-state index in [9.17, 15) is 0 Å². The molecule has 0 atom stereocenters. The molecule has 0 bridgehead atoms. The molecule has 206 valence electrons. The Hall–Kier alpha value is -4.90. The van der Waals surface area contributed by atoms with Gasteiger partial charge in [-0.3, -0.25) is 9.13 Å². The fraction of sp³-hybridized carbons (Fsp3) is 0.189. The number of nitrogens with zero attached hydrogens (tertiary/aromatic N) is 4. The molecule has 4 heterocycles. The van der Waals surface area contributed by atoms with E-state index in [1.165, 1.54) is 33.0 Å². The highest BCUT2D eigenvalue weighted by molar-refractivity contribution is 6.09. The second kappa shape index (κ2) is 8.56. The Labute approximate surface area is 245 Å². The first-order valence-electron chi connectivity index (χ1n) is 14.5. The minimum atomic E-state index is -0.141. The molecular formula is C37H32N4O. The molecule has 5 heteroatoms. The van der Waals surface area contributed by atoms with Crippen molar-refractivity contribution in [1.29, 1.82) is 0 Å². The van der Waals surface area contributed by atoms with Gasteiger partial charge in [-0.2, -0.15) is 0 Å². The van der Waals surface area contributed by atoms with Crippen molar-refractivity contribution in [2.45, 2.75) is 45.4 Å². The molecular weight excluding hydrogens is 516 g/mol. The third-order valence-electron chi connectivity index (χ3n) is 8.86. The van der Waals surface area contributed by atoms with Crippen LogP contribution in [-0.4, -0.2) is 19.1 Å². The minimum Gasteiger partial charge on any atom is -0.457 e. The molecule has 8 rings (SSSR count). The number of hydrogen-bond acceptors (Lipinski definition) is 3. The molecule has 7 aromatic rings. The van der Waals surface area contributed by atoms with Crippen LogP contribution < -0.4 is 4.74 Å². The molecule has 1 aliphatic rings. The lowest BCUT2D eigenvalue weighted by Gasteiger charge is -2.34. The van der Waals surface area contributed by atoms with Gasteiger partial charge in [0.25, 0.3) is 0 Å². The predicted octanol–water partition coefficient (Wildman–Crippen LogP) is 9.25. The van der Waals surface area contributed by atoms with Gasteiger partial charge in [0, 0.05) is 34.5 Å². The zero-order valence-corrected chi connectivity index (χ0v) is 24.5. The molecule has 4 aromatic carbocycles. The summed E-state index contributed by atoms with van der Waals surface area (Å²) in [4.78, 5) is 9.51. The van der Waals surface area contributed by atoms with Gasteiger partial charge in [-0.05, 0) is 64.6 Å². The molecule has 0 aliphatic carbocycles. The second-order valence-corrected chi connectivity index (χ2v) is 12.9. The van der Waals surface area contributed by atoms with Gasteiger partial charge < -0.3 is 4.74 Å². The fourth-order valence-corrected chi connectivity index (χ4v) is 6.61. The molecule has 0 fully saturated rings. The number of benzene rings is 4. The van der Waals surface area contributed by atoms with Crippen molar-refractivity contribution < 1.29 is 4.74 Å². The lowest BCUT2D eigenvalue weighted by atomic mass is 9.75. The first kappa shape index (κ1) is 24.9. The smallest absolute Gasteiger partial charge is 0.137 e. The van der Waals surface area contributed by atoms with Gasteiger partial charge in [0.05, 0.1) is 27.8 Å². The summed E-state index contributed by atoms with van der Waals surface area (Å²) in [5.41, 5.74) is 9.16. The van der Waals surface area contributed by atoms with Crippen LogP contribution in [0, 0.1) is 0 Å². The maximum absolute atomic E-state index is 6.58. The van der Waals surface area contributed by atoms with Crippen LogP contribution in [0.5, 0.6) is 11.5 Å². The van der Waals surface area contributed by atoms with E-state index in [0.717, 1.165) is 39.6 Å². The van der Waals surface area contributed by atoms with E-state index in [1.54, 1.807) is 0 Å². The third-order valence-corrected chi connectivity index (χ3v) is 8.86. The van der Waals surface area contributed by atoms with Crippen molar-refractivity contribution in [1.82, 2.24) is 19.1 Å². The van der Waals surface area contributed by atoms with Crippen LogP contribution in [0.25, 0.3) is 44.3 Å². The molecule has 1 aliphatic heterocycles. The standard InChI is InChI=1S/C37H32N4O/c1-36(2,3)23-17-18-38-34(19-23)41-31-12-7-6-9-26(31)27-15-13-24(20-32(27)41)42-25-14-16-28-33(21-25)40-22-39-30-11-8-10-29(35(30)40)37(28,4)5/h6-22H,1-5H3. The fourth-order valence-electron chi connectivity index (χ4n) is 6.61. The summed E-state index contributed by atoms with van der Waals surface area (Å²) in [7, 11) is 0. The zero-order valence-electron chi connectivity index (χ0n) is 24.5. The Morgan fingerprint density at radius 2 is 1.50 bits per heavy atom. The van der Waals surface area contributed by atoms with Crippen molar-refractivity contribution in [2.75, 3.05) is 0 Å². The van der Waals surface area contributed by atoms with E-state index in [0.29, 0.717) is 0 Å². The van der Waals surface area contributed by atoms with Crippen molar-refractivity contribution in [3.8, 4) is 23.0 Å². The van der Waals surface area contributed by atoms with E-state index in [-0.39, 0.29) is 10.8 Å². The van der Waals surface area contributed by atoms with Gasteiger partial charge in [0.2, 0.25) is 0 Å². The Balaban J connectivity index is 1.26. The summed E-state index contributed by atoms with van der Waals surface area (Å²) in [5, 5.41) is 2.37. The highest BCUT2D eigenvalue weighted by atomic mass is 16.5. The van der Waals surface area contributed by atoms with E-state index < -0.39 is 0 Å². The molecule has 3 aromatic heterocycles. The van der Waals surface area contributed by atoms with Gasteiger partial charge in [-0.25, -0.2) is 9.97 Å². The Bertz CT molecular complexity index is 2190. The number of rotatable bonds is 3. The second-order valence-electron chi connectivity index (χ2n) is 12.9. The monoisotopic (exact) mass is 548 g/mol. The number of pyridine rings is 1. The van der Waals surface area contributed by atoms with Crippen LogP contribution in [0.15, 0.2) is 104 Å². The number of fused-ring (bicyclic) bond motifs is 5. The molecule has 0 N–H and O–H groups in total. The SMILES string of the molecule is CC(C)(C)c1ccnc(-n2c3ccccc3c3ccc(Oc4ccc5c(c4)-n4cnc6cccc(c64)C5(C)C)cc32)c1. The molecule has 42 heavy (non-hydrogen) atoms. The van der Waals surface area contributed by atoms with Crippen molar-refractivity contribution in [2.24, 2.45) is 0 Å². The summed E-state index contributed by atoms with van der Waals surface area (Å²) in [6.07, 6.45) is 3.84. The van der Waals surface area contributed by atoms with Crippen LogP contribution in [0.3, 0.4) is 0 Å². The van der Waals surface area contributed by atoms with Crippen LogP contribution >= 0.6 is 0 Å². The molecule has 0 saturated heterocycles. The van der Waals surface area contributed by atoms with Crippen molar-refractivity contribution in [3.05, 3.63) is 120 Å². The van der Waals surface area contributed by atoms with Crippen LogP contribution in [0.1, 0.15) is 51.3 Å². The summed E-state index contributed by atoms with van der Waals surface area (Å²) >= 11 is 0. The average molecular weight is 549 g/mol. The third kappa shape index (κ3) is 3.56. The molecule has 0 radical (unpaired) electrons. The average Bonchev–Trinajstić information content (AvgIpc) is 3.55. The van der Waals surface area contributed by atoms with E-state index >= 15 is 0 Å². The number of para-hydroxylation sites is 2. The number of aromatic nitrogens is 4. The normalized spacial score (nSPS) is 14.0. The molecule has 0 amide bonds. The first-order chi connectivity index (χ1) is 20.2. The van der Waals surface area contributed by atoms with E-state index in [2.05, 4.69) is 135 Å². The Kier molecular flexibility index (Phi) is 5.06. The van der Waals surface area contributed by atoms with Gasteiger partial charge in [-0.15, -0.1) is 0 Å². The molecule has 0 unspecified atom stereocenters. The van der Waals surface area contributed by atoms with Crippen molar-refractivity contribution in [3.63, 3.8) is 0 Å². The number of ether oxygens (including phenoxy) is 1. The maximum atomic E-state index is 6.58. The lowest BCUT2D eigenvalue weighted by molar-refractivity contribution is 0.482. The van der Waals surface area contributed by atoms with Crippen LogP contribution in [0.4, 0.5) is 0 Å². The highest BCUT2D eigenvalue weighted by Gasteiger charge is 2.34. The summed E-state index contributed by atoms with van der Waals surface area (Å²) in [6.45, 7) is 11.3. The maximum Gasteiger partial charge on any atom is 0.137 e. The largest absolute Gasteiger partial charge is 0.457 e. The molecule has 0 saturated carbocycles. The highest BCUT2D eigenvalue weighted by Crippen LogP contribution is 2.45. The lowest BCUT2D eigenvalue weighted by Crippen LogP contribution is -2.26. The summed E-state index contributed by atoms with van der Waals surface area (Å²) in [6, 6.07) is 32.0. The van der Waals surface area contributed by atoms with Gasteiger partial charge in [0.15, 0.2) is 0 Å². The first-order valence-corrected chi connectivity index (χ1v) is 14.5. The van der Waals surface area contributed by atoms with Gasteiger partial charge in [0.1, 0.15) is 23.6 Å². The van der Waals surface area contributed by atoms with E-state index in [1.807, 2.05) is 12.5 Å². The summed E-state index contributed by atoms with van der Waals surface area (Å²) < 4.78 is 11.0. The Morgan fingerprint density at radius 3 is 2.36 bits per heavy atom. The molecule has 0 spiro atoms. The quantitative estimate of drug-likeness (QED) is 0.221. The molecule has 5 nitrogen and oxygen atoms in total. The number of imidazole rings is 1. The van der Waals surface area contributed by atoms with Crippen LogP contribution in [0.2, 0.25) is 0 Å². The van der Waals surface area contributed by atoms with E-state index in [4.69, 9.17) is 14.7 Å². The minimum absolute atomic E-state index is 0.0209.